The van der Waals surface area contributed by atoms with Gasteiger partial charge in [0, 0.05) is 39.7 Å². The van der Waals surface area contributed by atoms with Gasteiger partial charge in [-0.25, -0.2) is 0 Å². The van der Waals surface area contributed by atoms with Crippen molar-refractivity contribution in [1.29, 1.82) is 0 Å². The monoisotopic (exact) mass is 777 g/mol. The molecule has 8 aromatic carbocycles. The average molecular weight is 778 g/mol. The number of rotatable bonds is 8. The Hall–Kier alpha value is -6.38. The van der Waals surface area contributed by atoms with Gasteiger partial charge < -0.3 is 9.32 Å². The third kappa shape index (κ3) is 6.79. The summed E-state index contributed by atoms with van der Waals surface area (Å²) in [7, 11) is 0. The Morgan fingerprint density at radius 2 is 0.850 bits per heavy atom. The van der Waals surface area contributed by atoms with Gasteiger partial charge in [-0.3, -0.25) is 0 Å². The van der Waals surface area contributed by atoms with Crippen LogP contribution in [0.25, 0.3) is 66.1 Å². The van der Waals surface area contributed by atoms with Gasteiger partial charge in [-0.05, 0) is 131 Å². The second-order valence-corrected chi connectivity index (χ2v) is 17.3. The number of hydrogen-bond acceptors (Lipinski definition) is 2. The molecule has 9 aromatic rings. The Balaban J connectivity index is 0.953. The molecule has 11 rings (SSSR count). The van der Waals surface area contributed by atoms with Crippen molar-refractivity contribution in [3.63, 3.8) is 0 Å². The van der Waals surface area contributed by atoms with Crippen LogP contribution in [0.1, 0.15) is 74.3 Å². The van der Waals surface area contributed by atoms with E-state index in [-0.39, 0.29) is 0 Å². The van der Waals surface area contributed by atoms with Gasteiger partial charge in [0.1, 0.15) is 11.3 Å². The van der Waals surface area contributed by atoms with Crippen molar-refractivity contribution in [3.8, 4) is 33.6 Å². The van der Waals surface area contributed by atoms with E-state index >= 15 is 0 Å². The van der Waals surface area contributed by atoms with Crippen LogP contribution in [0.5, 0.6) is 0 Å². The first-order valence-electron chi connectivity index (χ1n) is 22.3. The summed E-state index contributed by atoms with van der Waals surface area (Å²) in [5.41, 5.74) is 11.2. The van der Waals surface area contributed by atoms with Crippen LogP contribution in [0.2, 0.25) is 0 Å². The molecule has 2 aliphatic carbocycles. The summed E-state index contributed by atoms with van der Waals surface area (Å²) in [5.74, 6) is 2.25. The van der Waals surface area contributed by atoms with E-state index in [1.54, 1.807) is 0 Å². The highest BCUT2D eigenvalue weighted by molar-refractivity contribution is 6.28. The summed E-state index contributed by atoms with van der Waals surface area (Å²) in [5, 5.41) is 6.01. The lowest BCUT2D eigenvalue weighted by Gasteiger charge is -2.45. The van der Waals surface area contributed by atoms with Crippen LogP contribution in [0.15, 0.2) is 192 Å². The van der Waals surface area contributed by atoms with E-state index in [4.69, 9.17) is 4.42 Å². The molecule has 0 atom stereocenters. The van der Waals surface area contributed by atoms with E-state index in [9.17, 15) is 0 Å². The van der Waals surface area contributed by atoms with Crippen LogP contribution in [0, 0.1) is 0 Å². The zero-order valence-corrected chi connectivity index (χ0v) is 34.2. The van der Waals surface area contributed by atoms with Crippen molar-refractivity contribution < 1.29 is 4.42 Å². The topological polar surface area (TPSA) is 16.4 Å². The van der Waals surface area contributed by atoms with Crippen molar-refractivity contribution in [2.45, 2.75) is 75.3 Å². The van der Waals surface area contributed by atoms with Crippen molar-refractivity contribution in [3.05, 3.63) is 199 Å². The highest BCUT2D eigenvalue weighted by atomic mass is 16.3. The first-order chi connectivity index (χ1) is 29.8. The molecule has 60 heavy (non-hydrogen) atoms. The molecule has 0 spiro atoms. The highest BCUT2D eigenvalue weighted by Crippen LogP contribution is 2.48. The minimum absolute atomic E-state index is 0.568. The van der Waals surface area contributed by atoms with Gasteiger partial charge >= 0.3 is 0 Å². The quantitative estimate of drug-likeness (QED) is 0.143. The first-order valence-corrected chi connectivity index (χ1v) is 22.3. The minimum Gasteiger partial charge on any atom is -0.455 e. The number of fused-ring (bicyclic) bond motifs is 6. The maximum absolute atomic E-state index is 7.02. The summed E-state index contributed by atoms with van der Waals surface area (Å²) in [4.78, 5) is 2.88. The van der Waals surface area contributed by atoms with Crippen molar-refractivity contribution in [2.24, 2.45) is 0 Å². The Labute approximate surface area is 354 Å². The molecular formula is C58H51NO. The van der Waals surface area contributed by atoms with Crippen LogP contribution >= 0.6 is 0 Å². The Bertz CT molecular complexity index is 2810. The van der Waals surface area contributed by atoms with E-state index in [2.05, 4.69) is 193 Å². The second kappa shape index (κ2) is 16.0. The van der Waals surface area contributed by atoms with Gasteiger partial charge in [-0.2, -0.15) is 0 Å². The molecule has 0 amide bonds. The summed E-state index contributed by atoms with van der Waals surface area (Å²) in [6.45, 7) is 0. The fraction of sp³-hybridized carbons (Fsp3) is 0.207. The fourth-order valence-corrected chi connectivity index (χ4v) is 11.0. The van der Waals surface area contributed by atoms with E-state index < -0.39 is 0 Å². The molecule has 0 aliphatic heterocycles. The Morgan fingerprint density at radius 3 is 1.42 bits per heavy atom. The van der Waals surface area contributed by atoms with Gasteiger partial charge in [-0.1, -0.05) is 164 Å². The number of hydrogen-bond donors (Lipinski definition) is 0. The molecule has 1 aromatic heterocycles. The zero-order chi connectivity index (χ0) is 39.8. The molecule has 0 radical (unpaired) electrons. The van der Waals surface area contributed by atoms with E-state index in [0.717, 1.165) is 27.9 Å². The SMILES string of the molecule is c1ccc(-c2oc3c4ccc(-c5ccc(N(C6CCC(c7ccccc7)CC6)C6CCC(c7ccccc7)CC6)cc5)cc4c4ccccc4c3c2-c2ccccc2)cc1. The molecule has 2 fully saturated rings. The van der Waals surface area contributed by atoms with Gasteiger partial charge in [-0.15, -0.1) is 0 Å². The summed E-state index contributed by atoms with van der Waals surface area (Å²) < 4.78 is 7.02. The molecule has 2 nitrogen and oxygen atoms in total. The van der Waals surface area contributed by atoms with E-state index in [1.165, 1.54) is 106 Å². The van der Waals surface area contributed by atoms with E-state index in [0.29, 0.717) is 23.9 Å². The Kier molecular flexibility index (Phi) is 9.78. The fourth-order valence-electron chi connectivity index (χ4n) is 11.0. The maximum Gasteiger partial charge on any atom is 0.143 e. The molecule has 2 heteroatoms. The number of nitrogens with zero attached hydrogens (tertiary/aromatic N) is 1. The van der Waals surface area contributed by atoms with Crippen LogP contribution in [-0.2, 0) is 0 Å². The lowest BCUT2D eigenvalue weighted by molar-refractivity contribution is 0.310. The molecule has 1 heterocycles. The smallest absolute Gasteiger partial charge is 0.143 e. The molecule has 0 N–H and O–H groups in total. The average Bonchev–Trinajstić information content (AvgIpc) is 3.75. The first kappa shape index (κ1) is 36.7. The highest BCUT2D eigenvalue weighted by Gasteiger charge is 2.34. The van der Waals surface area contributed by atoms with Gasteiger partial charge in [0.05, 0.1) is 0 Å². The molecule has 2 aliphatic rings. The summed E-state index contributed by atoms with van der Waals surface area (Å²) >= 11 is 0. The molecule has 0 unspecified atom stereocenters. The zero-order valence-electron chi connectivity index (χ0n) is 34.2. The molecular weight excluding hydrogens is 727 g/mol. The van der Waals surface area contributed by atoms with Crippen molar-refractivity contribution >= 4 is 38.2 Å². The van der Waals surface area contributed by atoms with Crippen LogP contribution in [-0.4, -0.2) is 12.1 Å². The third-order valence-electron chi connectivity index (χ3n) is 14.0. The maximum atomic E-state index is 7.02. The largest absolute Gasteiger partial charge is 0.455 e. The van der Waals surface area contributed by atoms with Crippen LogP contribution < -0.4 is 4.90 Å². The predicted octanol–water partition coefficient (Wildman–Crippen LogP) is 16.0. The summed E-state index contributed by atoms with van der Waals surface area (Å²) in [6.07, 6.45) is 10.0. The Morgan fingerprint density at radius 1 is 0.367 bits per heavy atom. The number of anilines is 1. The van der Waals surface area contributed by atoms with Crippen LogP contribution in [0.3, 0.4) is 0 Å². The summed E-state index contributed by atoms with van der Waals surface area (Å²) in [6, 6.07) is 70.4. The lowest BCUT2D eigenvalue weighted by Crippen LogP contribution is -2.46. The van der Waals surface area contributed by atoms with Gasteiger partial charge in [0.15, 0.2) is 0 Å². The molecule has 2 saturated carbocycles. The standard InChI is InChI=1S/C58H51NO/c1-5-15-40(16-6-1)42-25-32-48(33-26-42)59(49-34-27-43(28-35-49)41-17-7-2-8-18-41)50-36-29-44(30-37-50)47-31-38-53-54(39-47)51-23-13-14-24-52(51)56-55(45-19-9-3-10-20-45)57(60-58(53)56)46-21-11-4-12-22-46/h1-24,29-31,36-39,42-43,48-49H,25-28,32-35H2. The minimum atomic E-state index is 0.568. The predicted molar refractivity (Wildman–Crippen MR) is 253 cm³/mol. The second-order valence-electron chi connectivity index (χ2n) is 17.3. The molecule has 0 bridgehead atoms. The van der Waals surface area contributed by atoms with Crippen molar-refractivity contribution in [2.75, 3.05) is 4.90 Å². The third-order valence-corrected chi connectivity index (χ3v) is 14.0. The number of furan rings is 1. The van der Waals surface area contributed by atoms with Crippen LogP contribution in [0.4, 0.5) is 5.69 Å². The molecule has 0 saturated heterocycles. The number of benzene rings is 8. The van der Waals surface area contributed by atoms with E-state index in [1.807, 2.05) is 0 Å². The van der Waals surface area contributed by atoms with Crippen molar-refractivity contribution in [1.82, 2.24) is 0 Å². The lowest BCUT2D eigenvalue weighted by atomic mass is 9.78. The molecule has 294 valence electrons. The normalized spacial score (nSPS) is 19.5. The van der Waals surface area contributed by atoms with Gasteiger partial charge in [0.2, 0.25) is 0 Å². The van der Waals surface area contributed by atoms with Gasteiger partial charge in [0.25, 0.3) is 0 Å².